The van der Waals surface area contributed by atoms with Gasteiger partial charge in [-0.25, -0.2) is 5.43 Å². The van der Waals surface area contributed by atoms with Crippen molar-refractivity contribution in [3.8, 4) is 0 Å². The lowest BCUT2D eigenvalue weighted by Crippen LogP contribution is -2.50. The molecule has 0 aromatic rings. The zero-order valence-electron chi connectivity index (χ0n) is 10.2. The van der Waals surface area contributed by atoms with Gasteiger partial charge in [0.25, 0.3) is 0 Å². The summed E-state index contributed by atoms with van der Waals surface area (Å²) in [5.74, 6) is 3.82. The van der Waals surface area contributed by atoms with Gasteiger partial charge in [-0.3, -0.25) is 10.2 Å². The van der Waals surface area contributed by atoms with E-state index in [4.69, 9.17) is 5.11 Å². The van der Waals surface area contributed by atoms with Crippen LogP contribution in [0.1, 0.15) is 32.1 Å². The predicted octanol–water partition coefficient (Wildman–Crippen LogP) is 1.24. The third-order valence-electron chi connectivity index (χ3n) is 5.12. The second kappa shape index (κ2) is 4.58. The number of rotatable bonds is 5. The molecule has 0 atom stereocenters. The molecule has 0 spiro atoms. The van der Waals surface area contributed by atoms with Crippen LogP contribution in [0.5, 0.6) is 0 Å². The van der Waals surface area contributed by atoms with Gasteiger partial charge in [-0.1, -0.05) is 0 Å². The third-order valence-corrected chi connectivity index (χ3v) is 5.12. The van der Waals surface area contributed by atoms with E-state index >= 15 is 0 Å². The van der Waals surface area contributed by atoms with Crippen LogP contribution in [0.4, 0.5) is 0 Å². The molecule has 4 aliphatic rings. The van der Waals surface area contributed by atoms with Gasteiger partial charge in [0.1, 0.15) is 6.54 Å². The van der Waals surface area contributed by atoms with E-state index in [9.17, 15) is 4.79 Å². The standard InChI is InChI=1S/C13H22N2O2/c16-13(17)7-15-14-6-12-10-2-8-1-9(4-10)5-11(12)3-8/h8-12,14-15H,1-7H2,(H,16,17). The van der Waals surface area contributed by atoms with Gasteiger partial charge < -0.3 is 5.11 Å². The SMILES string of the molecule is O=C(O)CNNCC1C2CC3CC(C2)CC1C3. The molecule has 4 heteroatoms. The lowest BCUT2D eigenvalue weighted by atomic mass is 9.52. The highest BCUT2D eigenvalue weighted by Gasteiger charge is 2.47. The van der Waals surface area contributed by atoms with Crippen molar-refractivity contribution in [3.05, 3.63) is 0 Å². The zero-order chi connectivity index (χ0) is 11.8. The molecule has 0 aromatic heterocycles. The fraction of sp³-hybridized carbons (Fsp3) is 0.923. The number of nitrogens with one attached hydrogen (secondary N) is 2. The second-order valence-corrected chi connectivity index (χ2v) is 6.22. The molecule has 4 rings (SSSR count). The van der Waals surface area contributed by atoms with Crippen LogP contribution in [0.25, 0.3) is 0 Å². The molecule has 96 valence electrons. The first-order chi connectivity index (χ1) is 8.22. The largest absolute Gasteiger partial charge is 0.480 e. The number of carboxylic acids is 1. The fourth-order valence-electron chi connectivity index (χ4n) is 4.70. The van der Waals surface area contributed by atoms with Crippen LogP contribution in [0.15, 0.2) is 0 Å². The van der Waals surface area contributed by atoms with Gasteiger partial charge in [0, 0.05) is 6.54 Å². The number of carboxylic acid groups (broad SMARTS) is 1. The van der Waals surface area contributed by atoms with Crippen LogP contribution in [0.3, 0.4) is 0 Å². The van der Waals surface area contributed by atoms with Gasteiger partial charge in [-0.05, 0) is 61.7 Å². The van der Waals surface area contributed by atoms with Crippen LogP contribution < -0.4 is 10.9 Å². The minimum atomic E-state index is -0.803. The number of hydrazine groups is 1. The normalized spacial score (nSPS) is 42.9. The Hall–Kier alpha value is -0.610. The molecule has 0 aliphatic heterocycles. The van der Waals surface area contributed by atoms with E-state index in [1.54, 1.807) is 0 Å². The maximum absolute atomic E-state index is 10.4. The fourth-order valence-corrected chi connectivity index (χ4v) is 4.70. The maximum atomic E-state index is 10.4. The Labute approximate surface area is 102 Å². The summed E-state index contributed by atoms with van der Waals surface area (Å²) in [7, 11) is 0. The molecule has 4 fully saturated rings. The Bertz CT molecular complexity index is 278. The zero-order valence-corrected chi connectivity index (χ0v) is 10.2. The van der Waals surface area contributed by atoms with Crippen molar-refractivity contribution in [3.63, 3.8) is 0 Å². The van der Waals surface area contributed by atoms with Crippen molar-refractivity contribution >= 4 is 5.97 Å². The Balaban J connectivity index is 1.49. The summed E-state index contributed by atoms with van der Waals surface area (Å²) < 4.78 is 0. The highest BCUT2D eigenvalue weighted by molar-refractivity contribution is 5.68. The molecular weight excluding hydrogens is 216 g/mol. The first-order valence-corrected chi connectivity index (χ1v) is 6.90. The van der Waals surface area contributed by atoms with Crippen molar-refractivity contribution in [1.29, 1.82) is 0 Å². The number of hydrogen-bond acceptors (Lipinski definition) is 3. The number of carbonyl (C=O) groups is 1. The van der Waals surface area contributed by atoms with Crippen molar-refractivity contribution in [2.24, 2.45) is 29.6 Å². The smallest absolute Gasteiger partial charge is 0.318 e. The maximum Gasteiger partial charge on any atom is 0.318 e. The monoisotopic (exact) mass is 238 g/mol. The summed E-state index contributed by atoms with van der Waals surface area (Å²) in [6, 6.07) is 0. The van der Waals surface area contributed by atoms with Crippen LogP contribution >= 0.6 is 0 Å². The van der Waals surface area contributed by atoms with Crippen LogP contribution in [-0.4, -0.2) is 24.2 Å². The average molecular weight is 238 g/mol. The summed E-state index contributed by atoms with van der Waals surface area (Å²) in [6.45, 7) is 0.954. The van der Waals surface area contributed by atoms with Gasteiger partial charge in [0.05, 0.1) is 0 Å². The molecule has 4 saturated carbocycles. The summed E-state index contributed by atoms with van der Waals surface area (Å²) >= 11 is 0. The Morgan fingerprint density at radius 2 is 1.59 bits per heavy atom. The Morgan fingerprint density at radius 1 is 1.00 bits per heavy atom. The topological polar surface area (TPSA) is 61.4 Å². The van der Waals surface area contributed by atoms with Gasteiger partial charge >= 0.3 is 5.97 Å². The van der Waals surface area contributed by atoms with Crippen molar-refractivity contribution in [2.75, 3.05) is 13.1 Å². The molecular formula is C13H22N2O2. The molecule has 0 saturated heterocycles. The molecule has 4 bridgehead atoms. The Kier molecular flexibility index (Phi) is 3.09. The first kappa shape index (κ1) is 11.5. The first-order valence-electron chi connectivity index (χ1n) is 6.90. The second-order valence-electron chi connectivity index (χ2n) is 6.22. The molecule has 0 radical (unpaired) electrons. The summed E-state index contributed by atoms with van der Waals surface area (Å²) in [5, 5.41) is 8.55. The van der Waals surface area contributed by atoms with Crippen molar-refractivity contribution < 1.29 is 9.90 Å². The molecule has 4 aliphatic carbocycles. The van der Waals surface area contributed by atoms with Gasteiger partial charge in [0.2, 0.25) is 0 Å². The van der Waals surface area contributed by atoms with Crippen molar-refractivity contribution in [2.45, 2.75) is 32.1 Å². The average Bonchev–Trinajstić information content (AvgIpc) is 2.25. The highest BCUT2D eigenvalue weighted by atomic mass is 16.4. The van der Waals surface area contributed by atoms with E-state index in [0.29, 0.717) is 0 Å². The van der Waals surface area contributed by atoms with Gasteiger partial charge in [-0.15, -0.1) is 0 Å². The predicted molar refractivity (Wildman–Crippen MR) is 64.2 cm³/mol. The lowest BCUT2D eigenvalue weighted by molar-refractivity contribution is -0.136. The highest BCUT2D eigenvalue weighted by Crippen LogP contribution is 2.56. The molecule has 17 heavy (non-hydrogen) atoms. The van der Waals surface area contributed by atoms with Crippen LogP contribution in [0.2, 0.25) is 0 Å². The van der Waals surface area contributed by atoms with Crippen LogP contribution in [-0.2, 0) is 4.79 Å². The lowest BCUT2D eigenvalue weighted by Gasteiger charge is -2.54. The van der Waals surface area contributed by atoms with E-state index in [-0.39, 0.29) is 6.54 Å². The van der Waals surface area contributed by atoms with E-state index in [1.807, 2.05) is 0 Å². The summed E-state index contributed by atoms with van der Waals surface area (Å²) in [5.41, 5.74) is 5.91. The van der Waals surface area contributed by atoms with E-state index in [2.05, 4.69) is 10.9 Å². The number of hydrogen-bond donors (Lipinski definition) is 3. The van der Waals surface area contributed by atoms with Crippen molar-refractivity contribution in [1.82, 2.24) is 10.9 Å². The Morgan fingerprint density at radius 3 is 2.12 bits per heavy atom. The van der Waals surface area contributed by atoms with E-state index in [1.165, 1.54) is 32.1 Å². The van der Waals surface area contributed by atoms with E-state index < -0.39 is 5.97 Å². The minimum absolute atomic E-state index is 0.00725. The van der Waals surface area contributed by atoms with Gasteiger partial charge in [0.15, 0.2) is 0 Å². The minimum Gasteiger partial charge on any atom is -0.480 e. The van der Waals surface area contributed by atoms with Crippen LogP contribution in [0, 0.1) is 29.6 Å². The molecule has 3 N–H and O–H groups in total. The quantitative estimate of drug-likeness (QED) is 0.498. The molecule has 0 unspecified atom stereocenters. The van der Waals surface area contributed by atoms with Gasteiger partial charge in [-0.2, -0.15) is 0 Å². The molecule has 4 nitrogen and oxygen atoms in total. The molecule has 0 heterocycles. The van der Waals surface area contributed by atoms with E-state index in [0.717, 1.165) is 36.1 Å². The summed E-state index contributed by atoms with van der Waals surface area (Å²) in [4.78, 5) is 10.4. The molecule has 0 amide bonds. The molecule has 0 aromatic carbocycles. The number of aliphatic carboxylic acids is 1. The summed E-state index contributed by atoms with van der Waals surface area (Å²) in [6.07, 6.45) is 7.21. The third kappa shape index (κ3) is 2.33.